The van der Waals surface area contributed by atoms with Gasteiger partial charge in [0.1, 0.15) is 5.82 Å². The molecule has 1 aromatic rings. The Bertz CT molecular complexity index is 698. The minimum Gasteiger partial charge on any atom is -0.381 e. The minimum atomic E-state index is -0.547. The lowest BCUT2D eigenvalue weighted by Crippen LogP contribution is -2.41. The lowest BCUT2D eigenvalue weighted by atomic mass is 10.0. The highest BCUT2D eigenvalue weighted by atomic mass is 16.5. The average Bonchev–Trinajstić information content (AvgIpc) is 2.81. The average molecular weight is 438 g/mol. The summed E-state index contributed by atoms with van der Waals surface area (Å²) in [7, 11) is 1.73. The number of aromatic nitrogens is 3. The van der Waals surface area contributed by atoms with Gasteiger partial charge >= 0.3 is 0 Å². The Balaban J connectivity index is 2.02. The Morgan fingerprint density at radius 2 is 2.03 bits per heavy atom. The maximum atomic E-state index is 12.6. The van der Waals surface area contributed by atoms with Gasteiger partial charge < -0.3 is 9.64 Å². The molecule has 1 atom stereocenters. The van der Waals surface area contributed by atoms with Crippen LogP contribution in [0.1, 0.15) is 58.2 Å². The van der Waals surface area contributed by atoms with E-state index in [1.165, 1.54) is 0 Å². The van der Waals surface area contributed by atoms with Crippen LogP contribution in [0.5, 0.6) is 0 Å². The molecule has 1 fully saturated rings. The molecule has 0 radical (unpaired) electrons. The van der Waals surface area contributed by atoms with E-state index < -0.39 is 5.92 Å². The summed E-state index contributed by atoms with van der Waals surface area (Å²) in [6.45, 7) is 5.53. The summed E-state index contributed by atoms with van der Waals surface area (Å²) in [6.07, 6.45) is 6.35. The first-order valence-corrected chi connectivity index (χ1v) is 11.0. The van der Waals surface area contributed by atoms with Crippen molar-refractivity contribution in [1.29, 1.82) is 0 Å². The molecular weight excluding hydrogens is 402 g/mol. The fraction of sp³-hybridized carbons (Fsp3) is 0.750. The number of aryl methyl sites for hydroxylation is 1. The first kappa shape index (κ1) is 24.7. The molecule has 2 heterocycles. The van der Waals surface area contributed by atoms with E-state index in [0.717, 1.165) is 45.2 Å². The number of nitrogens with one attached hydrogen (secondary N) is 2. The Hall–Kier alpha value is -2.53. The van der Waals surface area contributed by atoms with Crippen molar-refractivity contribution >= 4 is 24.2 Å². The molecule has 1 aliphatic heterocycles. The minimum absolute atomic E-state index is 0.0716. The number of hydrogen-bond donors (Lipinski definition) is 3. The van der Waals surface area contributed by atoms with E-state index in [1.54, 1.807) is 7.11 Å². The highest BCUT2D eigenvalue weighted by molar-refractivity contribution is 5.80. The molecule has 31 heavy (non-hydrogen) atoms. The van der Waals surface area contributed by atoms with Crippen molar-refractivity contribution in [2.45, 2.75) is 64.9 Å². The zero-order valence-corrected chi connectivity index (χ0v) is 18.7. The molecule has 1 saturated heterocycles. The molecule has 0 aromatic carbocycles. The van der Waals surface area contributed by atoms with Crippen LogP contribution >= 0.6 is 0 Å². The zero-order valence-electron chi connectivity index (χ0n) is 18.7. The molecule has 3 N–H and O–H groups in total. The predicted octanol–water partition coefficient (Wildman–Crippen LogP) is 1.54. The van der Waals surface area contributed by atoms with E-state index in [1.807, 2.05) is 6.92 Å². The third-order valence-corrected chi connectivity index (χ3v) is 5.40. The highest BCUT2D eigenvalue weighted by Gasteiger charge is 2.23. The summed E-state index contributed by atoms with van der Waals surface area (Å²) in [4.78, 5) is 38.8. The van der Waals surface area contributed by atoms with Crippen LogP contribution in [0.15, 0.2) is 0 Å². The Kier molecular flexibility index (Phi) is 10.4. The molecule has 11 nitrogen and oxygen atoms in total. The van der Waals surface area contributed by atoms with Crippen molar-refractivity contribution in [2.75, 3.05) is 37.1 Å². The molecule has 0 aliphatic carbocycles. The van der Waals surface area contributed by atoms with Crippen LogP contribution in [0.3, 0.4) is 0 Å². The number of carbonyl (C=O) groups excluding carboxylic acids is 2. The topological polar surface area (TPSA) is 133 Å². The van der Waals surface area contributed by atoms with Gasteiger partial charge in [0.15, 0.2) is 0 Å². The van der Waals surface area contributed by atoms with E-state index in [4.69, 9.17) is 4.74 Å². The quantitative estimate of drug-likeness (QED) is 0.182. The number of methoxy groups -OCH3 is 1. The summed E-state index contributed by atoms with van der Waals surface area (Å²) in [5.41, 5.74) is 5.40. The van der Waals surface area contributed by atoms with E-state index in [2.05, 4.69) is 37.6 Å². The van der Waals surface area contributed by atoms with Gasteiger partial charge in [-0.15, -0.1) is 0 Å². The van der Waals surface area contributed by atoms with Gasteiger partial charge in [0, 0.05) is 26.6 Å². The van der Waals surface area contributed by atoms with Gasteiger partial charge in [-0.2, -0.15) is 15.0 Å². The summed E-state index contributed by atoms with van der Waals surface area (Å²) < 4.78 is 5.42. The number of anilines is 2. The third kappa shape index (κ3) is 7.91. The maximum Gasteiger partial charge on any atom is 0.246 e. The second kappa shape index (κ2) is 13.0. The van der Waals surface area contributed by atoms with Crippen molar-refractivity contribution in [3.63, 3.8) is 0 Å². The smallest absolute Gasteiger partial charge is 0.246 e. The SMILES string of the molecule is CCCCCC(CN(O)C=O)C(=O)NNc1nc(CC)nc(N2CCC(OC)CC2)n1. The van der Waals surface area contributed by atoms with Crippen molar-refractivity contribution in [2.24, 2.45) is 5.92 Å². The highest BCUT2D eigenvalue weighted by Crippen LogP contribution is 2.19. The molecule has 0 saturated carbocycles. The number of hydrogen-bond acceptors (Lipinski definition) is 9. The van der Waals surface area contributed by atoms with Gasteiger partial charge in [-0.3, -0.25) is 25.6 Å². The lowest BCUT2D eigenvalue weighted by molar-refractivity contribution is -0.154. The number of hydrazine groups is 1. The second-order valence-electron chi connectivity index (χ2n) is 7.69. The number of carbonyl (C=O) groups is 2. The number of unbranched alkanes of at least 4 members (excludes halogenated alkanes) is 2. The molecule has 2 amide bonds. The van der Waals surface area contributed by atoms with E-state index in [0.29, 0.717) is 36.1 Å². The maximum absolute atomic E-state index is 12.6. The predicted molar refractivity (Wildman–Crippen MR) is 115 cm³/mol. The number of ether oxygens (including phenoxy) is 1. The standard InChI is InChI=1S/C20H35N7O4/c1-4-6-7-8-15(13-27(30)14-28)18(29)24-25-19-21-17(5-2)22-20(23-19)26-11-9-16(31-3)10-12-26/h14-16,30H,4-13H2,1-3H3,(H,24,29)(H,21,22,23,25). The third-order valence-electron chi connectivity index (χ3n) is 5.40. The van der Waals surface area contributed by atoms with E-state index in [9.17, 15) is 14.8 Å². The van der Waals surface area contributed by atoms with Crippen LogP contribution in [0, 0.1) is 5.92 Å². The van der Waals surface area contributed by atoms with Gasteiger partial charge in [-0.05, 0) is 19.3 Å². The van der Waals surface area contributed by atoms with Crippen LogP contribution in [0.25, 0.3) is 0 Å². The van der Waals surface area contributed by atoms with Crippen molar-refractivity contribution in [3.05, 3.63) is 5.82 Å². The Morgan fingerprint density at radius 1 is 1.29 bits per heavy atom. The number of rotatable bonds is 13. The van der Waals surface area contributed by atoms with Crippen LogP contribution in [0.2, 0.25) is 0 Å². The Morgan fingerprint density at radius 3 is 2.65 bits per heavy atom. The summed E-state index contributed by atoms with van der Waals surface area (Å²) in [6, 6.07) is 0. The number of hydroxylamine groups is 2. The number of amides is 2. The molecule has 174 valence electrons. The van der Waals surface area contributed by atoms with Gasteiger partial charge in [0.2, 0.25) is 24.2 Å². The molecule has 1 unspecified atom stereocenters. The number of nitrogens with zero attached hydrogens (tertiary/aromatic N) is 5. The normalized spacial score (nSPS) is 15.4. The van der Waals surface area contributed by atoms with E-state index in [-0.39, 0.29) is 24.5 Å². The van der Waals surface area contributed by atoms with Crippen LogP contribution in [-0.2, 0) is 20.7 Å². The van der Waals surface area contributed by atoms with Gasteiger partial charge in [0.25, 0.3) is 0 Å². The second-order valence-corrected chi connectivity index (χ2v) is 7.69. The summed E-state index contributed by atoms with van der Waals surface area (Å²) >= 11 is 0. The zero-order chi connectivity index (χ0) is 22.6. The number of piperidine rings is 1. The monoisotopic (exact) mass is 437 g/mol. The molecule has 0 bridgehead atoms. The van der Waals surface area contributed by atoms with Crippen LogP contribution < -0.4 is 15.8 Å². The van der Waals surface area contributed by atoms with Crippen LogP contribution in [0.4, 0.5) is 11.9 Å². The first-order valence-electron chi connectivity index (χ1n) is 11.0. The van der Waals surface area contributed by atoms with Crippen molar-refractivity contribution in [1.82, 2.24) is 25.4 Å². The molecule has 11 heteroatoms. The summed E-state index contributed by atoms with van der Waals surface area (Å²) in [5, 5.41) is 10.0. The van der Waals surface area contributed by atoms with Crippen LogP contribution in [-0.4, -0.2) is 70.4 Å². The molecular formula is C20H35N7O4. The van der Waals surface area contributed by atoms with Crippen molar-refractivity contribution < 1.29 is 19.5 Å². The fourth-order valence-electron chi connectivity index (χ4n) is 3.49. The lowest BCUT2D eigenvalue weighted by Gasteiger charge is -2.31. The largest absolute Gasteiger partial charge is 0.381 e. The summed E-state index contributed by atoms with van der Waals surface area (Å²) in [5.74, 6) is 0.567. The molecule has 2 rings (SSSR count). The van der Waals surface area contributed by atoms with Gasteiger partial charge in [0.05, 0.1) is 18.6 Å². The molecule has 0 spiro atoms. The van der Waals surface area contributed by atoms with Crippen molar-refractivity contribution in [3.8, 4) is 0 Å². The molecule has 1 aliphatic rings. The first-order chi connectivity index (χ1) is 15.0. The Labute approximate surface area is 183 Å². The molecule has 1 aromatic heterocycles. The fourth-order valence-corrected chi connectivity index (χ4v) is 3.49. The van der Waals surface area contributed by atoms with Gasteiger partial charge in [-0.1, -0.05) is 33.1 Å². The van der Waals surface area contributed by atoms with Gasteiger partial charge in [-0.25, -0.2) is 5.06 Å². The van der Waals surface area contributed by atoms with E-state index >= 15 is 0 Å².